The molecule has 0 saturated heterocycles. The number of benzene rings is 2. The molecular formula is C26H24ClN5OS. The minimum atomic E-state index is -0.0190. The van der Waals surface area contributed by atoms with Gasteiger partial charge in [-0.05, 0) is 67.1 Å². The minimum absolute atomic E-state index is 0.0190. The van der Waals surface area contributed by atoms with Crippen LogP contribution in [0.1, 0.15) is 35.6 Å². The third kappa shape index (κ3) is 4.58. The second-order valence-corrected chi connectivity index (χ2v) is 9.61. The Morgan fingerprint density at radius 1 is 1.12 bits per heavy atom. The summed E-state index contributed by atoms with van der Waals surface area (Å²) in [6, 6.07) is 18.0. The average molecular weight is 490 g/mol. The summed E-state index contributed by atoms with van der Waals surface area (Å²) in [5.41, 5.74) is 5.24. The highest BCUT2D eigenvalue weighted by molar-refractivity contribution is 7.99. The fourth-order valence-corrected chi connectivity index (χ4v) is 5.30. The first-order valence-electron chi connectivity index (χ1n) is 11.2. The lowest BCUT2D eigenvalue weighted by molar-refractivity contribution is -0.119. The number of carbonyl (C=O) groups is 1. The van der Waals surface area contributed by atoms with Gasteiger partial charge < -0.3 is 5.32 Å². The topological polar surface area (TPSA) is 72.7 Å². The SMILES string of the molecule is Cc1c(Cl)cccc1-n1c(SCC(=O)NC2CCCc3ccccc32)nnc1-c1ccncc1. The maximum Gasteiger partial charge on any atom is 0.230 e. The smallest absolute Gasteiger partial charge is 0.230 e. The number of amides is 1. The molecule has 5 rings (SSSR count). The minimum Gasteiger partial charge on any atom is -0.349 e. The molecule has 1 N–H and O–H groups in total. The maximum absolute atomic E-state index is 12.9. The molecular weight excluding hydrogens is 466 g/mol. The molecule has 2 aromatic heterocycles. The number of halogens is 1. The van der Waals surface area contributed by atoms with Gasteiger partial charge in [-0.25, -0.2) is 0 Å². The lowest BCUT2D eigenvalue weighted by Crippen LogP contribution is -2.32. The standard InChI is InChI=1S/C26H24ClN5OS/c1-17-21(27)9-5-11-23(17)32-25(19-12-14-28-15-13-19)30-31-26(32)34-16-24(33)29-22-10-4-7-18-6-2-3-8-20(18)22/h2-3,5-6,8-9,11-15,22H,4,7,10,16H2,1H3,(H,29,33). The first-order chi connectivity index (χ1) is 16.6. The highest BCUT2D eigenvalue weighted by atomic mass is 35.5. The van der Waals surface area contributed by atoms with E-state index in [1.165, 1.54) is 22.9 Å². The molecule has 172 valence electrons. The van der Waals surface area contributed by atoms with Crippen molar-refractivity contribution in [3.05, 3.63) is 88.7 Å². The zero-order valence-electron chi connectivity index (χ0n) is 18.7. The molecule has 2 heterocycles. The van der Waals surface area contributed by atoms with Crippen LogP contribution in [0.2, 0.25) is 5.02 Å². The Balaban J connectivity index is 1.40. The highest BCUT2D eigenvalue weighted by Gasteiger charge is 2.23. The summed E-state index contributed by atoms with van der Waals surface area (Å²) in [6.45, 7) is 1.97. The van der Waals surface area contributed by atoms with Crippen molar-refractivity contribution >= 4 is 29.3 Å². The second-order valence-electron chi connectivity index (χ2n) is 8.26. The second kappa shape index (κ2) is 9.99. The number of carbonyl (C=O) groups excluding carboxylic acids is 1. The maximum atomic E-state index is 12.9. The molecule has 8 heteroatoms. The number of aryl methyl sites for hydroxylation is 1. The van der Waals surface area contributed by atoms with Crippen LogP contribution in [0.15, 0.2) is 72.1 Å². The van der Waals surface area contributed by atoms with Crippen molar-refractivity contribution in [2.45, 2.75) is 37.4 Å². The lowest BCUT2D eigenvalue weighted by Gasteiger charge is -2.26. The first kappa shape index (κ1) is 22.6. The Kier molecular flexibility index (Phi) is 6.65. The van der Waals surface area contributed by atoms with E-state index in [4.69, 9.17) is 11.6 Å². The lowest BCUT2D eigenvalue weighted by atomic mass is 9.88. The fourth-order valence-electron chi connectivity index (χ4n) is 4.38. The van der Waals surface area contributed by atoms with Crippen molar-refractivity contribution in [1.82, 2.24) is 25.1 Å². The molecule has 0 fully saturated rings. The largest absolute Gasteiger partial charge is 0.349 e. The van der Waals surface area contributed by atoms with Crippen LogP contribution in [0.3, 0.4) is 0 Å². The number of nitrogens with zero attached hydrogens (tertiary/aromatic N) is 4. The number of aromatic nitrogens is 4. The number of thioether (sulfide) groups is 1. The Bertz CT molecular complexity index is 1320. The molecule has 0 spiro atoms. The van der Waals surface area contributed by atoms with Gasteiger partial charge in [0.05, 0.1) is 17.5 Å². The molecule has 0 aliphatic heterocycles. The van der Waals surface area contributed by atoms with Gasteiger partial charge in [-0.15, -0.1) is 10.2 Å². The van der Waals surface area contributed by atoms with Crippen molar-refractivity contribution in [1.29, 1.82) is 0 Å². The summed E-state index contributed by atoms with van der Waals surface area (Å²) >= 11 is 7.79. The number of rotatable bonds is 6. The molecule has 0 bridgehead atoms. The molecule has 2 aromatic carbocycles. The van der Waals surface area contributed by atoms with Crippen molar-refractivity contribution < 1.29 is 4.79 Å². The van der Waals surface area contributed by atoms with Crippen LogP contribution in [0.25, 0.3) is 17.1 Å². The highest BCUT2D eigenvalue weighted by Crippen LogP contribution is 2.32. The predicted octanol–water partition coefficient (Wildman–Crippen LogP) is 5.58. The van der Waals surface area contributed by atoms with E-state index in [0.717, 1.165) is 36.1 Å². The zero-order valence-corrected chi connectivity index (χ0v) is 20.3. The molecule has 0 saturated carbocycles. The van der Waals surface area contributed by atoms with Gasteiger partial charge in [0.25, 0.3) is 0 Å². The number of fused-ring (bicyclic) bond motifs is 1. The molecule has 0 radical (unpaired) electrons. The number of hydrogen-bond acceptors (Lipinski definition) is 5. The molecule has 1 aliphatic rings. The van der Waals surface area contributed by atoms with Gasteiger partial charge in [0, 0.05) is 23.0 Å². The Labute approximate surface area is 207 Å². The fraction of sp³-hybridized carbons (Fsp3) is 0.231. The van der Waals surface area contributed by atoms with Gasteiger partial charge in [-0.2, -0.15) is 0 Å². The van der Waals surface area contributed by atoms with Crippen LogP contribution in [0.4, 0.5) is 0 Å². The van der Waals surface area contributed by atoms with Crippen molar-refractivity contribution in [3.8, 4) is 17.1 Å². The van der Waals surface area contributed by atoms with Gasteiger partial charge >= 0.3 is 0 Å². The molecule has 1 atom stereocenters. The molecule has 1 amide bonds. The van der Waals surface area contributed by atoms with E-state index in [0.29, 0.717) is 16.0 Å². The van der Waals surface area contributed by atoms with Crippen LogP contribution in [-0.2, 0) is 11.2 Å². The number of hydrogen-bond donors (Lipinski definition) is 1. The molecule has 34 heavy (non-hydrogen) atoms. The first-order valence-corrected chi connectivity index (χ1v) is 12.6. The Morgan fingerprint density at radius 2 is 1.94 bits per heavy atom. The van der Waals surface area contributed by atoms with Crippen LogP contribution in [-0.4, -0.2) is 31.4 Å². The third-order valence-corrected chi connectivity index (χ3v) is 7.43. The Morgan fingerprint density at radius 3 is 2.79 bits per heavy atom. The van der Waals surface area contributed by atoms with E-state index in [1.807, 2.05) is 47.9 Å². The molecule has 1 aliphatic carbocycles. The van der Waals surface area contributed by atoms with Crippen molar-refractivity contribution in [2.75, 3.05) is 5.75 Å². The van der Waals surface area contributed by atoms with E-state index < -0.39 is 0 Å². The van der Waals surface area contributed by atoms with E-state index >= 15 is 0 Å². The number of pyridine rings is 1. The van der Waals surface area contributed by atoms with Crippen molar-refractivity contribution in [3.63, 3.8) is 0 Å². The van der Waals surface area contributed by atoms with Crippen LogP contribution in [0.5, 0.6) is 0 Å². The van der Waals surface area contributed by atoms with E-state index in [1.54, 1.807) is 12.4 Å². The normalized spacial score (nSPS) is 15.1. The van der Waals surface area contributed by atoms with Gasteiger partial charge in [0.15, 0.2) is 11.0 Å². The quantitative estimate of drug-likeness (QED) is 0.358. The van der Waals surface area contributed by atoms with E-state index in [9.17, 15) is 4.79 Å². The summed E-state index contributed by atoms with van der Waals surface area (Å²) in [6.07, 6.45) is 6.55. The monoisotopic (exact) mass is 489 g/mol. The van der Waals surface area contributed by atoms with E-state index in [-0.39, 0.29) is 17.7 Å². The van der Waals surface area contributed by atoms with Gasteiger partial charge in [-0.1, -0.05) is 53.7 Å². The third-order valence-electron chi connectivity index (χ3n) is 6.09. The molecule has 6 nitrogen and oxygen atoms in total. The summed E-state index contributed by atoms with van der Waals surface area (Å²) in [5, 5.41) is 13.4. The summed E-state index contributed by atoms with van der Waals surface area (Å²) < 4.78 is 1.96. The predicted molar refractivity (Wildman–Crippen MR) is 135 cm³/mol. The van der Waals surface area contributed by atoms with Gasteiger partial charge in [-0.3, -0.25) is 14.3 Å². The summed E-state index contributed by atoms with van der Waals surface area (Å²) in [5.74, 6) is 0.902. The number of nitrogens with one attached hydrogen (secondary N) is 1. The van der Waals surface area contributed by atoms with Crippen LogP contribution in [0, 0.1) is 6.92 Å². The summed E-state index contributed by atoms with van der Waals surface area (Å²) in [7, 11) is 0. The molecule has 1 unspecified atom stereocenters. The summed E-state index contributed by atoms with van der Waals surface area (Å²) in [4.78, 5) is 17.0. The average Bonchev–Trinajstić information content (AvgIpc) is 3.29. The van der Waals surface area contributed by atoms with Gasteiger partial charge in [0.2, 0.25) is 5.91 Å². The Hall–Kier alpha value is -3.16. The van der Waals surface area contributed by atoms with Crippen molar-refractivity contribution in [2.24, 2.45) is 0 Å². The molecule has 4 aromatic rings. The van der Waals surface area contributed by atoms with Crippen LogP contribution < -0.4 is 5.32 Å². The zero-order chi connectivity index (χ0) is 23.5. The van der Waals surface area contributed by atoms with E-state index in [2.05, 4.69) is 38.7 Å². The van der Waals surface area contributed by atoms with Gasteiger partial charge in [0.1, 0.15) is 0 Å². The van der Waals surface area contributed by atoms with Crippen LogP contribution >= 0.6 is 23.4 Å².